The molecule has 3 heteroatoms. The van der Waals surface area contributed by atoms with Crippen LogP contribution in [-0.2, 0) is 0 Å². The predicted molar refractivity (Wildman–Crippen MR) is 142 cm³/mol. The quantitative estimate of drug-likeness (QED) is 0.242. The average molecular weight is 527 g/mol. The van der Waals surface area contributed by atoms with Crippen LogP contribution >= 0.6 is 0 Å². The molecular weight excluding hydrogens is 483 g/mol. The van der Waals surface area contributed by atoms with Gasteiger partial charge in [-0.05, 0) is 0 Å². The van der Waals surface area contributed by atoms with Crippen molar-refractivity contribution in [1.82, 2.24) is 0 Å². The van der Waals surface area contributed by atoms with E-state index >= 15 is 0 Å². The normalized spacial score (nSPS) is 11.0. The van der Waals surface area contributed by atoms with E-state index in [4.69, 9.17) is 0 Å². The summed E-state index contributed by atoms with van der Waals surface area (Å²) in [4.78, 5) is 5.16. The molecule has 170 valence electrons. The molecule has 2 aromatic carbocycles. The minimum absolute atomic E-state index is 0.735. The van der Waals surface area contributed by atoms with Crippen LogP contribution < -0.4 is 17.0 Å². The summed E-state index contributed by atoms with van der Waals surface area (Å²) in [6, 6.07) is 19.1. The first-order valence-electron chi connectivity index (χ1n) is 12.7. The van der Waals surface area contributed by atoms with E-state index in [0.29, 0.717) is 0 Å². The minimum atomic E-state index is -0.735. The standard InChI is InChI=1S/2C14H22N.Sn/c2*1-3-5-12-15(13-6-4-2)14-10-8-7-9-11-14;/h2*8-11H,3-6,12-13H2,1-2H3;. The van der Waals surface area contributed by atoms with Gasteiger partial charge in [-0.2, -0.15) is 0 Å². The van der Waals surface area contributed by atoms with Gasteiger partial charge in [0.25, 0.3) is 0 Å². The Kier molecular flexibility index (Phi) is 13.1. The van der Waals surface area contributed by atoms with Gasteiger partial charge in [0.15, 0.2) is 0 Å². The van der Waals surface area contributed by atoms with Gasteiger partial charge < -0.3 is 0 Å². The summed E-state index contributed by atoms with van der Waals surface area (Å²) in [6.45, 7) is 13.9. The van der Waals surface area contributed by atoms with Crippen molar-refractivity contribution in [1.29, 1.82) is 0 Å². The van der Waals surface area contributed by atoms with Crippen molar-refractivity contribution in [3.63, 3.8) is 0 Å². The molecule has 2 nitrogen and oxygen atoms in total. The first-order chi connectivity index (χ1) is 15.2. The van der Waals surface area contributed by atoms with Crippen molar-refractivity contribution < 1.29 is 0 Å². The van der Waals surface area contributed by atoms with Gasteiger partial charge in [0.05, 0.1) is 0 Å². The third-order valence-corrected chi connectivity index (χ3v) is 9.43. The molecule has 2 rings (SSSR count). The van der Waals surface area contributed by atoms with Gasteiger partial charge in [0.2, 0.25) is 0 Å². The molecule has 0 N–H and O–H groups in total. The number of hydrogen-bond acceptors (Lipinski definition) is 2. The Hall–Kier alpha value is -1.16. The molecule has 0 spiro atoms. The molecule has 0 aliphatic heterocycles. The van der Waals surface area contributed by atoms with Crippen molar-refractivity contribution in [3.05, 3.63) is 48.5 Å². The number of rotatable bonds is 16. The van der Waals surface area contributed by atoms with Crippen molar-refractivity contribution >= 4 is 39.7 Å². The molecule has 0 bridgehead atoms. The van der Waals surface area contributed by atoms with E-state index in [0.717, 1.165) is 0 Å². The van der Waals surface area contributed by atoms with Crippen LogP contribution in [0.3, 0.4) is 0 Å². The second-order valence-corrected chi connectivity index (χ2v) is 12.6. The second kappa shape index (κ2) is 15.6. The van der Waals surface area contributed by atoms with Gasteiger partial charge in [0, 0.05) is 0 Å². The summed E-state index contributed by atoms with van der Waals surface area (Å²) < 4.78 is 3.14. The Morgan fingerprint density at radius 3 is 1.03 bits per heavy atom. The van der Waals surface area contributed by atoms with Gasteiger partial charge in [-0.3, -0.25) is 0 Å². The van der Waals surface area contributed by atoms with Crippen LogP contribution in [0.25, 0.3) is 0 Å². The van der Waals surface area contributed by atoms with Crippen LogP contribution in [-0.4, -0.2) is 47.3 Å². The SMILES string of the molecule is CCCCN(CCCC)c1cc[c]([Sn][c]2ccc(N(CCCC)CCCC)cc2)cc1. The summed E-state index contributed by atoms with van der Waals surface area (Å²) in [7, 11) is 0. The molecule has 2 radical (unpaired) electrons. The third kappa shape index (κ3) is 9.47. The first-order valence-corrected chi connectivity index (χ1v) is 15.5. The summed E-state index contributed by atoms with van der Waals surface area (Å²) in [6.07, 6.45) is 10.2. The van der Waals surface area contributed by atoms with Gasteiger partial charge in [-0.15, -0.1) is 0 Å². The molecule has 31 heavy (non-hydrogen) atoms. The van der Waals surface area contributed by atoms with Gasteiger partial charge in [-0.1, -0.05) is 0 Å². The van der Waals surface area contributed by atoms with E-state index in [1.807, 2.05) is 0 Å². The molecule has 0 heterocycles. The summed E-state index contributed by atoms with van der Waals surface area (Å²) in [5, 5.41) is 0. The van der Waals surface area contributed by atoms with Crippen LogP contribution in [0.15, 0.2) is 48.5 Å². The number of anilines is 2. The van der Waals surface area contributed by atoms with Crippen LogP contribution in [0.4, 0.5) is 11.4 Å². The van der Waals surface area contributed by atoms with E-state index in [1.165, 1.54) is 88.9 Å². The monoisotopic (exact) mass is 528 g/mol. The summed E-state index contributed by atoms with van der Waals surface area (Å²) >= 11 is -0.735. The zero-order valence-corrected chi connectivity index (χ0v) is 23.4. The molecule has 0 saturated carbocycles. The van der Waals surface area contributed by atoms with Crippen LogP contribution in [0.2, 0.25) is 0 Å². The fraction of sp³-hybridized carbons (Fsp3) is 0.571. The zero-order chi connectivity index (χ0) is 22.3. The van der Waals surface area contributed by atoms with Gasteiger partial charge >= 0.3 is 203 Å². The summed E-state index contributed by atoms with van der Waals surface area (Å²) in [5.74, 6) is 0. The molecule has 0 aromatic heterocycles. The zero-order valence-electron chi connectivity index (χ0n) is 20.5. The van der Waals surface area contributed by atoms with Crippen LogP contribution in [0, 0.1) is 0 Å². The molecule has 0 unspecified atom stereocenters. The molecule has 0 amide bonds. The Morgan fingerprint density at radius 2 is 0.774 bits per heavy atom. The number of nitrogens with zero attached hydrogens (tertiary/aromatic N) is 2. The van der Waals surface area contributed by atoms with Crippen molar-refractivity contribution in [3.8, 4) is 0 Å². The Balaban J connectivity index is 2.00. The van der Waals surface area contributed by atoms with E-state index in [1.54, 1.807) is 7.16 Å². The van der Waals surface area contributed by atoms with Gasteiger partial charge in [-0.25, -0.2) is 0 Å². The van der Waals surface area contributed by atoms with Crippen molar-refractivity contribution in [2.24, 2.45) is 0 Å². The molecule has 0 fully saturated rings. The van der Waals surface area contributed by atoms with Gasteiger partial charge in [0.1, 0.15) is 0 Å². The van der Waals surface area contributed by atoms with E-state index in [9.17, 15) is 0 Å². The summed E-state index contributed by atoms with van der Waals surface area (Å²) in [5.41, 5.74) is 2.81. The molecule has 0 saturated heterocycles. The molecule has 0 atom stereocenters. The van der Waals surface area contributed by atoms with Crippen molar-refractivity contribution in [2.45, 2.75) is 79.1 Å². The Bertz CT molecular complexity index is 618. The van der Waals surface area contributed by atoms with Crippen LogP contribution in [0.1, 0.15) is 79.1 Å². The molecule has 0 aliphatic carbocycles. The average Bonchev–Trinajstić information content (AvgIpc) is 2.81. The fourth-order valence-corrected chi connectivity index (χ4v) is 6.67. The number of unbranched alkanes of at least 4 members (excludes halogenated alkanes) is 4. The second-order valence-electron chi connectivity index (χ2n) is 8.61. The van der Waals surface area contributed by atoms with E-state index in [-0.39, 0.29) is 0 Å². The van der Waals surface area contributed by atoms with E-state index in [2.05, 4.69) is 86.0 Å². The Labute approximate surface area is 202 Å². The topological polar surface area (TPSA) is 6.48 Å². The predicted octanol–water partition coefficient (Wildman–Crippen LogP) is 6.15. The molecular formula is C28H44N2Sn. The first kappa shape index (κ1) is 26.1. The fourth-order valence-electron chi connectivity index (χ4n) is 3.81. The molecule has 0 aliphatic rings. The molecule has 2 aromatic rings. The van der Waals surface area contributed by atoms with Crippen LogP contribution in [0.5, 0.6) is 0 Å². The number of benzene rings is 2. The number of hydrogen-bond donors (Lipinski definition) is 0. The third-order valence-electron chi connectivity index (χ3n) is 5.88. The Morgan fingerprint density at radius 1 is 0.484 bits per heavy atom. The van der Waals surface area contributed by atoms with Crippen molar-refractivity contribution in [2.75, 3.05) is 36.0 Å². The maximum atomic E-state index is 2.58. The maximum absolute atomic E-state index is 2.58. The van der Waals surface area contributed by atoms with E-state index < -0.39 is 21.1 Å².